The number of hydrogen-bond donors (Lipinski definition) is 1. The van der Waals surface area contributed by atoms with Crippen molar-refractivity contribution in [2.75, 3.05) is 24.6 Å². The van der Waals surface area contributed by atoms with Crippen molar-refractivity contribution < 1.29 is 9.53 Å². The molecule has 0 spiro atoms. The van der Waals surface area contributed by atoms with Gasteiger partial charge in [-0.25, -0.2) is 14.8 Å². The van der Waals surface area contributed by atoms with Gasteiger partial charge in [-0.05, 0) is 12.1 Å². The molecule has 144 valence electrons. The van der Waals surface area contributed by atoms with Crippen molar-refractivity contribution in [3.8, 4) is 5.69 Å². The number of para-hydroxylation sites is 1. The third kappa shape index (κ3) is 3.65. The Labute approximate surface area is 161 Å². The van der Waals surface area contributed by atoms with Gasteiger partial charge in [0.05, 0.1) is 30.5 Å². The molecule has 1 atom stereocenters. The Kier molecular flexibility index (Phi) is 4.90. The lowest BCUT2D eigenvalue weighted by atomic mass is 10.2. The summed E-state index contributed by atoms with van der Waals surface area (Å²) >= 11 is 0. The molecule has 1 aliphatic heterocycles. The van der Waals surface area contributed by atoms with E-state index in [0.717, 1.165) is 5.69 Å². The van der Waals surface area contributed by atoms with Gasteiger partial charge < -0.3 is 15.4 Å². The van der Waals surface area contributed by atoms with Crippen LogP contribution < -0.4 is 16.3 Å². The van der Waals surface area contributed by atoms with Gasteiger partial charge in [0.15, 0.2) is 0 Å². The summed E-state index contributed by atoms with van der Waals surface area (Å²) in [5, 5.41) is 0. The lowest BCUT2D eigenvalue weighted by Crippen LogP contribution is -2.46. The Morgan fingerprint density at radius 3 is 2.64 bits per heavy atom. The molecule has 4 rings (SSSR count). The summed E-state index contributed by atoms with van der Waals surface area (Å²) in [6, 6.07) is 9.47. The number of amides is 1. The summed E-state index contributed by atoms with van der Waals surface area (Å²) < 4.78 is 9.07. The molecule has 9 heteroatoms. The van der Waals surface area contributed by atoms with Crippen molar-refractivity contribution in [1.82, 2.24) is 19.1 Å². The van der Waals surface area contributed by atoms with E-state index in [0.29, 0.717) is 32.2 Å². The second-order valence-electron chi connectivity index (χ2n) is 6.51. The van der Waals surface area contributed by atoms with Gasteiger partial charge >= 0.3 is 5.69 Å². The van der Waals surface area contributed by atoms with E-state index in [2.05, 4.69) is 9.97 Å². The third-order valence-corrected chi connectivity index (χ3v) is 4.63. The number of nitrogens with zero attached hydrogens (tertiary/aromatic N) is 5. The number of imidazole rings is 1. The summed E-state index contributed by atoms with van der Waals surface area (Å²) in [6.07, 6.45) is 6.16. The Morgan fingerprint density at radius 1 is 1.18 bits per heavy atom. The van der Waals surface area contributed by atoms with E-state index in [-0.39, 0.29) is 17.4 Å². The number of anilines is 1. The first-order valence-electron chi connectivity index (χ1n) is 8.93. The van der Waals surface area contributed by atoms with Crippen LogP contribution in [0.2, 0.25) is 0 Å². The Morgan fingerprint density at radius 2 is 1.93 bits per heavy atom. The second-order valence-corrected chi connectivity index (χ2v) is 6.51. The number of morpholine rings is 1. The van der Waals surface area contributed by atoms with Crippen LogP contribution in [-0.2, 0) is 11.3 Å². The average Bonchev–Trinajstić information content (AvgIpc) is 3.09. The SMILES string of the molecule is NC(=O)c1cnc(N2CCOC(Cn3ccn(-c4ccccc4)c3=O)C2)nc1. The van der Waals surface area contributed by atoms with E-state index < -0.39 is 5.91 Å². The van der Waals surface area contributed by atoms with Crippen molar-refractivity contribution in [3.05, 3.63) is 71.2 Å². The van der Waals surface area contributed by atoms with Crippen molar-refractivity contribution in [2.24, 2.45) is 5.73 Å². The van der Waals surface area contributed by atoms with Crippen LogP contribution in [0.1, 0.15) is 10.4 Å². The number of ether oxygens (including phenoxy) is 1. The molecule has 2 aromatic heterocycles. The molecule has 3 aromatic rings. The first-order chi connectivity index (χ1) is 13.6. The van der Waals surface area contributed by atoms with Gasteiger partial charge in [0.1, 0.15) is 0 Å². The number of carbonyl (C=O) groups excluding carboxylic acids is 1. The Hall–Kier alpha value is -3.46. The Bertz CT molecular complexity index is 1010. The molecule has 0 saturated carbocycles. The predicted octanol–water partition coefficient (Wildman–Crippen LogP) is 0.433. The van der Waals surface area contributed by atoms with Crippen LogP contribution in [0, 0.1) is 0 Å². The molecule has 3 heterocycles. The average molecular weight is 380 g/mol. The lowest BCUT2D eigenvalue weighted by Gasteiger charge is -2.32. The fourth-order valence-corrected chi connectivity index (χ4v) is 3.18. The molecule has 1 aromatic carbocycles. The number of hydrogen-bond acceptors (Lipinski definition) is 6. The molecular weight excluding hydrogens is 360 g/mol. The summed E-state index contributed by atoms with van der Waals surface area (Å²) in [6.45, 7) is 2.10. The maximum atomic E-state index is 12.7. The van der Waals surface area contributed by atoms with E-state index in [1.54, 1.807) is 21.5 Å². The van der Waals surface area contributed by atoms with Crippen LogP contribution in [0.5, 0.6) is 0 Å². The number of rotatable bonds is 5. The summed E-state index contributed by atoms with van der Waals surface area (Å²) in [5.41, 5.74) is 6.19. The Balaban J connectivity index is 1.46. The maximum Gasteiger partial charge on any atom is 0.332 e. The molecule has 28 heavy (non-hydrogen) atoms. The topological polar surface area (TPSA) is 108 Å². The number of primary amides is 1. The number of carbonyl (C=O) groups is 1. The number of nitrogens with two attached hydrogens (primary N) is 1. The van der Waals surface area contributed by atoms with Crippen molar-refractivity contribution in [2.45, 2.75) is 12.6 Å². The van der Waals surface area contributed by atoms with E-state index in [1.807, 2.05) is 35.2 Å². The highest BCUT2D eigenvalue weighted by atomic mass is 16.5. The monoisotopic (exact) mass is 380 g/mol. The smallest absolute Gasteiger partial charge is 0.332 e. The lowest BCUT2D eigenvalue weighted by molar-refractivity contribution is 0.0285. The zero-order valence-electron chi connectivity index (χ0n) is 15.1. The van der Waals surface area contributed by atoms with Crippen LogP contribution in [0.25, 0.3) is 5.69 Å². The molecule has 1 unspecified atom stereocenters. The molecular formula is C19H20N6O3. The van der Waals surface area contributed by atoms with E-state index >= 15 is 0 Å². The standard InChI is InChI=1S/C19H20N6O3/c20-17(26)14-10-21-18(22-11-14)23-8-9-28-16(12-23)13-24-6-7-25(19(24)27)15-4-2-1-3-5-15/h1-7,10-11,16H,8-9,12-13H2,(H2,20,26). The molecule has 1 saturated heterocycles. The van der Waals surface area contributed by atoms with Crippen LogP contribution >= 0.6 is 0 Å². The largest absolute Gasteiger partial charge is 0.373 e. The summed E-state index contributed by atoms with van der Waals surface area (Å²) in [7, 11) is 0. The van der Waals surface area contributed by atoms with Gasteiger partial charge in [-0.1, -0.05) is 18.2 Å². The minimum atomic E-state index is -0.561. The van der Waals surface area contributed by atoms with Gasteiger partial charge in [-0.3, -0.25) is 13.9 Å². The maximum absolute atomic E-state index is 12.7. The fraction of sp³-hybridized carbons (Fsp3) is 0.263. The fourth-order valence-electron chi connectivity index (χ4n) is 3.18. The molecule has 1 aliphatic rings. The van der Waals surface area contributed by atoms with Crippen molar-refractivity contribution in [1.29, 1.82) is 0 Å². The zero-order valence-corrected chi connectivity index (χ0v) is 15.1. The van der Waals surface area contributed by atoms with Crippen LogP contribution in [0.3, 0.4) is 0 Å². The minimum Gasteiger partial charge on any atom is -0.373 e. The van der Waals surface area contributed by atoms with Crippen LogP contribution in [-0.4, -0.2) is 50.8 Å². The van der Waals surface area contributed by atoms with Crippen LogP contribution in [0.15, 0.2) is 59.9 Å². The van der Waals surface area contributed by atoms with Gasteiger partial charge in [-0.15, -0.1) is 0 Å². The third-order valence-electron chi connectivity index (χ3n) is 4.63. The predicted molar refractivity (Wildman–Crippen MR) is 103 cm³/mol. The van der Waals surface area contributed by atoms with Gasteiger partial charge in [0.25, 0.3) is 5.91 Å². The first-order valence-corrected chi connectivity index (χ1v) is 8.93. The van der Waals surface area contributed by atoms with Gasteiger partial charge in [-0.2, -0.15) is 0 Å². The summed E-state index contributed by atoms with van der Waals surface area (Å²) in [4.78, 5) is 34.2. The molecule has 9 nitrogen and oxygen atoms in total. The van der Waals surface area contributed by atoms with Crippen molar-refractivity contribution in [3.63, 3.8) is 0 Å². The molecule has 0 bridgehead atoms. The molecule has 2 N–H and O–H groups in total. The molecule has 1 fully saturated rings. The number of aromatic nitrogens is 4. The highest BCUT2D eigenvalue weighted by Gasteiger charge is 2.23. The van der Waals surface area contributed by atoms with Gasteiger partial charge in [0.2, 0.25) is 5.95 Å². The van der Waals surface area contributed by atoms with Gasteiger partial charge in [0, 0.05) is 37.9 Å². The molecule has 0 aliphatic carbocycles. The summed E-state index contributed by atoms with van der Waals surface area (Å²) in [5.74, 6) is -0.0544. The van der Waals surface area contributed by atoms with Crippen LogP contribution in [0.4, 0.5) is 5.95 Å². The van der Waals surface area contributed by atoms with E-state index in [1.165, 1.54) is 12.4 Å². The minimum absolute atomic E-state index is 0.117. The van der Waals surface area contributed by atoms with E-state index in [9.17, 15) is 9.59 Å². The van der Waals surface area contributed by atoms with Crippen molar-refractivity contribution >= 4 is 11.9 Å². The number of benzene rings is 1. The zero-order chi connectivity index (χ0) is 19.5. The second kappa shape index (κ2) is 7.65. The molecule has 0 radical (unpaired) electrons. The highest BCUT2D eigenvalue weighted by Crippen LogP contribution is 2.14. The first kappa shape index (κ1) is 17.9. The van der Waals surface area contributed by atoms with E-state index in [4.69, 9.17) is 10.5 Å². The quantitative estimate of drug-likeness (QED) is 0.688. The molecule has 1 amide bonds. The normalized spacial score (nSPS) is 16.9. The highest BCUT2D eigenvalue weighted by molar-refractivity contribution is 5.92.